The van der Waals surface area contributed by atoms with Gasteiger partial charge < -0.3 is 55.6 Å². The number of hydrogen-bond donors (Lipinski definition) is 10. The monoisotopic (exact) mass is 628 g/mol. The number of aliphatic hydroxyl groups is 6. The average molecular weight is 628 g/mol. The summed E-state index contributed by atoms with van der Waals surface area (Å²) < 4.78 is 49.1. The third kappa shape index (κ3) is 7.00. The second-order valence-electron chi connectivity index (χ2n) is 8.44. The summed E-state index contributed by atoms with van der Waals surface area (Å²) in [5.74, 6) is -0.278. The maximum Gasteiger partial charge on any atom is 0.483 e. The van der Waals surface area contributed by atoms with Crippen LogP contribution in [-0.2, 0) is 32.0 Å². The molecule has 11 atom stereocenters. The number of nitrogens with zero attached hydrogens (tertiary/aromatic N) is 3. The maximum absolute atomic E-state index is 12.3. The minimum Gasteiger partial charge on any atom is -0.394 e. The number of aliphatic hydroxyl groups excluding tert-OH is 6. The third-order valence-electron chi connectivity index (χ3n) is 5.76. The number of rotatable bonds is 9. The van der Waals surface area contributed by atoms with Crippen LogP contribution in [0.2, 0.25) is 0 Å². The first kappa shape index (κ1) is 33.6. The number of aromatic amines is 1. The van der Waals surface area contributed by atoms with E-state index in [1.807, 2.05) is 0 Å². The molecule has 0 amide bonds. The number of nitrogen functional groups attached to an aromatic ring is 1. The van der Waals surface area contributed by atoms with Gasteiger partial charge >= 0.3 is 15.6 Å². The second-order valence-corrected chi connectivity index (χ2v) is 11.4. The molecule has 1 radical (unpaired) electrons. The molecule has 0 aromatic carbocycles. The first-order chi connectivity index (χ1) is 18.1. The molecule has 24 heteroatoms. The van der Waals surface area contributed by atoms with Gasteiger partial charge in [0.05, 0.1) is 19.5 Å². The van der Waals surface area contributed by atoms with Gasteiger partial charge in [-0.3, -0.25) is 23.4 Å². The quantitative estimate of drug-likeness (QED) is 0.0917. The van der Waals surface area contributed by atoms with Crippen LogP contribution in [-0.4, -0.2) is 152 Å². The Morgan fingerprint density at radius 2 is 1.65 bits per heavy atom. The molecular weight excluding hydrogens is 603 g/mol. The van der Waals surface area contributed by atoms with Gasteiger partial charge in [-0.05, 0) is 0 Å². The Kier molecular flexibility index (Phi) is 10.7. The fraction of sp³-hybridized carbons (Fsp3) is 0.688. The van der Waals surface area contributed by atoms with E-state index in [1.165, 1.54) is 0 Å². The molecule has 2 fully saturated rings. The first-order valence-electron chi connectivity index (χ1n) is 10.9. The number of anilines is 1. The number of imidazole rings is 1. The van der Waals surface area contributed by atoms with Crippen LogP contribution in [0, 0.1) is 0 Å². The van der Waals surface area contributed by atoms with Gasteiger partial charge in [-0.15, -0.1) is 0 Å². The number of nitrogens with one attached hydrogen (secondary N) is 1. The molecule has 2 aromatic rings. The molecule has 2 aromatic heterocycles. The van der Waals surface area contributed by atoms with Crippen molar-refractivity contribution in [3.05, 3.63) is 16.7 Å². The van der Waals surface area contributed by atoms with Gasteiger partial charge in [0.25, 0.3) is 5.56 Å². The molecule has 0 saturated carbocycles. The van der Waals surface area contributed by atoms with Gasteiger partial charge in [0.15, 0.2) is 23.7 Å². The number of hydrogen-bond acceptors (Lipinski definition) is 17. The van der Waals surface area contributed by atoms with Gasteiger partial charge in [0.1, 0.15) is 42.7 Å². The van der Waals surface area contributed by atoms with Crippen LogP contribution < -0.4 is 11.3 Å². The zero-order chi connectivity index (χ0) is 28.9. The summed E-state index contributed by atoms with van der Waals surface area (Å²) in [5, 5.41) is 59.2. The number of phosphoric acid groups is 2. The predicted molar refractivity (Wildman–Crippen MR) is 126 cm³/mol. The molecule has 11 unspecified atom stereocenters. The zero-order valence-electron chi connectivity index (χ0n) is 20.3. The normalized spacial score (nSPS) is 35.6. The van der Waals surface area contributed by atoms with Crippen LogP contribution in [0.3, 0.4) is 0 Å². The predicted octanol–water partition coefficient (Wildman–Crippen LogP) is -5.01. The Hall–Kier alpha value is -0.910. The molecule has 221 valence electrons. The molecule has 2 aliphatic heterocycles. The summed E-state index contributed by atoms with van der Waals surface area (Å²) in [6.45, 7) is -1.89. The summed E-state index contributed by atoms with van der Waals surface area (Å²) in [6, 6.07) is 0. The summed E-state index contributed by atoms with van der Waals surface area (Å²) in [5.41, 5.74) is 4.54. The van der Waals surface area contributed by atoms with Crippen molar-refractivity contribution in [1.82, 2.24) is 19.5 Å². The van der Waals surface area contributed by atoms with Crippen molar-refractivity contribution in [2.45, 2.75) is 55.2 Å². The Labute approximate surface area is 244 Å². The third-order valence-corrected chi connectivity index (χ3v) is 8.36. The van der Waals surface area contributed by atoms with Crippen LogP contribution in [0.15, 0.2) is 11.1 Å². The minimum atomic E-state index is -5.60. The fourth-order valence-electron chi connectivity index (χ4n) is 3.85. The van der Waals surface area contributed by atoms with Crippen LogP contribution in [0.1, 0.15) is 6.23 Å². The molecule has 11 N–H and O–H groups in total. The summed E-state index contributed by atoms with van der Waals surface area (Å²) in [4.78, 5) is 41.7. The molecule has 0 bridgehead atoms. The fourth-order valence-corrected chi connectivity index (χ4v) is 6.01. The van der Waals surface area contributed by atoms with E-state index in [0.717, 1.165) is 10.9 Å². The second kappa shape index (κ2) is 12.8. The van der Waals surface area contributed by atoms with Crippen LogP contribution >= 0.6 is 15.6 Å². The minimum absolute atomic E-state index is 0. The number of ether oxygens (including phenoxy) is 2. The van der Waals surface area contributed by atoms with Crippen molar-refractivity contribution in [2.24, 2.45) is 0 Å². The Balaban J connectivity index is 0.00000441. The standard InChI is InChI=1S/C16H25N5O16P2.Na/c17-16-19-12-6(13(28)20-16)18-3-21(12)14-10(26)8(24)5(34-14)2-33-38(29,30)37-39(31,32)36-15-11(27)9(25)7(23)4(1-22)35-15;/h3-5,7-11,14-15,22-27H,1-2H2,(H,29,30)(H,31,32)(H3,17,19,20,28);. The Bertz CT molecular complexity index is 1340. The van der Waals surface area contributed by atoms with E-state index in [4.69, 9.17) is 20.3 Å². The number of H-pyrrole nitrogens is 1. The molecule has 21 nitrogen and oxygen atoms in total. The van der Waals surface area contributed by atoms with Crippen LogP contribution in [0.25, 0.3) is 11.2 Å². The van der Waals surface area contributed by atoms with Crippen molar-refractivity contribution in [1.29, 1.82) is 0 Å². The molecule has 4 rings (SSSR count). The molecule has 0 aliphatic carbocycles. The van der Waals surface area contributed by atoms with E-state index < -0.39 is 89.7 Å². The zero-order valence-corrected chi connectivity index (χ0v) is 24.1. The van der Waals surface area contributed by atoms with Crippen molar-refractivity contribution >= 4 is 62.3 Å². The molecular formula is C16H25N5NaO16P2. The smallest absolute Gasteiger partial charge is 0.394 e. The largest absolute Gasteiger partial charge is 0.483 e. The molecule has 0 spiro atoms. The van der Waals surface area contributed by atoms with E-state index in [2.05, 4.69) is 28.3 Å². The molecule has 4 heterocycles. The van der Waals surface area contributed by atoms with E-state index in [0.29, 0.717) is 0 Å². The van der Waals surface area contributed by atoms with Crippen molar-refractivity contribution in [2.75, 3.05) is 18.9 Å². The topological polar surface area (TPSA) is 332 Å². The van der Waals surface area contributed by atoms with Crippen LogP contribution in [0.5, 0.6) is 0 Å². The van der Waals surface area contributed by atoms with Crippen molar-refractivity contribution in [3.8, 4) is 0 Å². The van der Waals surface area contributed by atoms with Gasteiger partial charge in [-0.1, -0.05) is 0 Å². The van der Waals surface area contributed by atoms with E-state index in [-0.39, 0.29) is 46.7 Å². The van der Waals surface area contributed by atoms with E-state index in [1.54, 1.807) is 0 Å². The molecule has 2 aliphatic rings. The van der Waals surface area contributed by atoms with Gasteiger partial charge in [-0.2, -0.15) is 9.29 Å². The maximum atomic E-state index is 12.3. The number of aromatic nitrogens is 4. The van der Waals surface area contributed by atoms with Crippen molar-refractivity contribution in [3.63, 3.8) is 0 Å². The van der Waals surface area contributed by atoms with Crippen LogP contribution in [0.4, 0.5) is 5.95 Å². The summed E-state index contributed by atoms with van der Waals surface area (Å²) in [6.07, 6.45) is -15.0. The van der Waals surface area contributed by atoms with Gasteiger partial charge in [0, 0.05) is 29.6 Å². The number of nitrogens with two attached hydrogens (primary N) is 1. The van der Waals surface area contributed by atoms with Gasteiger partial charge in [-0.25, -0.2) is 14.1 Å². The van der Waals surface area contributed by atoms with E-state index >= 15 is 0 Å². The molecule has 40 heavy (non-hydrogen) atoms. The Morgan fingerprint density at radius 3 is 2.30 bits per heavy atom. The molecule has 2 saturated heterocycles. The summed E-state index contributed by atoms with van der Waals surface area (Å²) in [7, 11) is -11.1. The summed E-state index contributed by atoms with van der Waals surface area (Å²) >= 11 is 0. The number of fused-ring (bicyclic) bond motifs is 1. The average Bonchev–Trinajstić information content (AvgIpc) is 3.38. The Morgan fingerprint density at radius 1 is 1.00 bits per heavy atom. The SMILES string of the molecule is Nc1nc2c(ncn2C2OC(COP(=O)(O)OP(=O)(O)OC3OC(CO)C(O)C(O)C3O)C(O)C2O)c(=O)[nH]1.[Na]. The van der Waals surface area contributed by atoms with Crippen molar-refractivity contribution < 1.29 is 72.4 Å². The van der Waals surface area contributed by atoms with Gasteiger partial charge in [0.2, 0.25) is 5.95 Å². The number of phosphoric ester groups is 2. The van der Waals surface area contributed by atoms with E-state index in [9.17, 15) is 49.2 Å². The first-order valence-corrected chi connectivity index (χ1v) is 13.9.